The first-order valence-corrected chi connectivity index (χ1v) is 9.17. The molecule has 0 aliphatic rings. The number of amides is 1. The predicted molar refractivity (Wildman–Crippen MR) is 113 cm³/mol. The highest BCUT2D eigenvalue weighted by atomic mass is 16.5. The number of carbonyl (C=O) groups is 1. The number of ether oxygens (including phenoxy) is 2. The Hall–Kier alpha value is -3.61. The van der Waals surface area contributed by atoms with Crippen LogP contribution in [0.4, 0.5) is 11.5 Å². The Morgan fingerprint density at radius 1 is 0.966 bits per heavy atom. The number of methoxy groups -OCH3 is 2. The molecule has 0 saturated carbocycles. The molecular weight excluding hydrogens is 368 g/mol. The van der Waals surface area contributed by atoms with Crippen LogP contribution >= 0.6 is 0 Å². The number of carbonyl (C=O) groups excluding carboxylic acids is 1. The summed E-state index contributed by atoms with van der Waals surface area (Å²) in [7, 11) is 3.20. The summed E-state index contributed by atoms with van der Waals surface area (Å²) < 4.78 is 10.6. The minimum Gasteiger partial charge on any atom is -0.493 e. The number of aromatic nitrogens is 2. The highest BCUT2D eigenvalue weighted by Crippen LogP contribution is 2.27. The van der Waals surface area contributed by atoms with Crippen molar-refractivity contribution >= 4 is 17.4 Å². The van der Waals surface area contributed by atoms with Crippen molar-refractivity contribution in [3.8, 4) is 11.5 Å². The third-order valence-corrected chi connectivity index (χ3v) is 4.27. The number of hydrogen-bond acceptors (Lipinski definition) is 6. The molecule has 0 aliphatic heterocycles. The van der Waals surface area contributed by atoms with Gasteiger partial charge in [-0.3, -0.25) is 4.79 Å². The van der Waals surface area contributed by atoms with Gasteiger partial charge in [-0.2, -0.15) is 0 Å². The molecule has 1 heterocycles. The van der Waals surface area contributed by atoms with Crippen LogP contribution in [-0.4, -0.2) is 30.1 Å². The third-order valence-electron chi connectivity index (χ3n) is 4.27. The molecule has 0 saturated heterocycles. The van der Waals surface area contributed by atoms with Crippen molar-refractivity contribution < 1.29 is 14.3 Å². The van der Waals surface area contributed by atoms with Crippen molar-refractivity contribution in [1.29, 1.82) is 0 Å². The molecule has 0 aliphatic carbocycles. The largest absolute Gasteiger partial charge is 0.493 e. The van der Waals surface area contributed by atoms with Gasteiger partial charge in [0.05, 0.1) is 14.2 Å². The molecule has 0 atom stereocenters. The summed E-state index contributed by atoms with van der Waals surface area (Å²) in [5, 5.41) is 6.10. The summed E-state index contributed by atoms with van der Waals surface area (Å²) in [6, 6.07) is 14.9. The van der Waals surface area contributed by atoms with E-state index in [2.05, 4.69) is 20.6 Å². The van der Waals surface area contributed by atoms with E-state index in [4.69, 9.17) is 9.47 Å². The van der Waals surface area contributed by atoms with Gasteiger partial charge in [0, 0.05) is 18.3 Å². The van der Waals surface area contributed by atoms with Crippen LogP contribution in [0.1, 0.15) is 27.4 Å². The Labute approximate surface area is 170 Å². The summed E-state index contributed by atoms with van der Waals surface area (Å²) in [4.78, 5) is 21.2. The van der Waals surface area contributed by atoms with E-state index in [0.717, 1.165) is 16.8 Å². The van der Waals surface area contributed by atoms with E-state index in [-0.39, 0.29) is 5.91 Å². The minimum atomic E-state index is -0.282. The average Bonchev–Trinajstić information content (AvgIpc) is 2.71. The Morgan fingerprint density at radius 2 is 1.76 bits per heavy atom. The lowest BCUT2D eigenvalue weighted by molar-refractivity contribution is 0.102. The quantitative estimate of drug-likeness (QED) is 0.633. The molecule has 0 bridgehead atoms. The molecule has 3 rings (SSSR count). The van der Waals surface area contributed by atoms with Crippen LogP contribution in [-0.2, 0) is 6.54 Å². The predicted octanol–water partition coefficient (Wildman–Crippen LogP) is 3.98. The minimum absolute atomic E-state index is 0.282. The molecule has 1 amide bonds. The van der Waals surface area contributed by atoms with Gasteiger partial charge in [0.15, 0.2) is 11.5 Å². The normalized spacial score (nSPS) is 10.3. The van der Waals surface area contributed by atoms with Gasteiger partial charge in [-0.25, -0.2) is 9.97 Å². The lowest BCUT2D eigenvalue weighted by Gasteiger charge is -2.12. The fraction of sp³-hybridized carbons (Fsp3) is 0.227. The number of benzene rings is 2. The maximum absolute atomic E-state index is 12.6. The Kier molecular flexibility index (Phi) is 6.29. The van der Waals surface area contributed by atoms with Crippen LogP contribution in [0.25, 0.3) is 0 Å². The van der Waals surface area contributed by atoms with Crippen molar-refractivity contribution in [3.05, 3.63) is 71.2 Å². The third kappa shape index (κ3) is 5.22. The van der Waals surface area contributed by atoms with Crippen LogP contribution in [0.5, 0.6) is 11.5 Å². The zero-order chi connectivity index (χ0) is 20.8. The fourth-order valence-corrected chi connectivity index (χ4v) is 2.88. The smallest absolute Gasteiger partial charge is 0.274 e. The summed E-state index contributed by atoms with van der Waals surface area (Å²) in [5.41, 5.74) is 3.09. The Bertz CT molecular complexity index is 1020. The highest BCUT2D eigenvalue weighted by Gasteiger charge is 2.12. The standard InChI is InChI=1S/C22H24N4O3/c1-14-6-5-7-17(10-14)26-22(27)18-12-21(25-15(2)24-18)23-13-16-8-9-19(28-3)20(11-16)29-4/h5-12H,13H2,1-4H3,(H,26,27)(H,23,24,25). The molecule has 1 aromatic heterocycles. The van der Waals surface area contributed by atoms with Gasteiger partial charge < -0.3 is 20.1 Å². The molecule has 150 valence electrons. The Morgan fingerprint density at radius 3 is 2.48 bits per heavy atom. The van der Waals surface area contributed by atoms with Gasteiger partial charge in [0.1, 0.15) is 17.3 Å². The summed E-state index contributed by atoms with van der Waals surface area (Å²) in [6.45, 7) is 4.24. The van der Waals surface area contributed by atoms with E-state index < -0.39 is 0 Å². The van der Waals surface area contributed by atoms with E-state index in [1.807, 2.05) is 49.4 Å². The average molecular weight is 392 g/mol. The molecular formula is C22H24N4O3. The molecule has 0 fully saturated rings. The first-order chi connectivity index (χ1) is 14.0. The van der Waals surface area contributed by atoms with Crippen LogP contribution in [0.15, 0.2) is 48.5 Å². The number of nitrogens with one attached hydrogen (secondary N) is 2. The van der Waals surface area contributed by atoms with Crippen molar-refractivity contribution in [2.24, 2.45) is 0 Å². The van der Waals surface area contributed by atoms with Crippen molar-refractivity contribution in [2.75, 3.05) is 24.9 Å². The lowest BCUT2D eigenvalue weighted by Crippen LogP contribution is -2.16. The Balaban J connectivity index is 1.72. The van der Waals surface area contributed by atoms with Crippen LogP contribution in [0.2, 0.25) is 0 Å². The van der Waals surface area contributed by atoms with Crippen LogP contribution in [0.3, 0.4) is 0 Å². The monoisotopic (exact) mass is 392 g/mol. The molecule has 29 heavy (non-hydrogen) atoms. The van der Waals surface area contributed by atoms with E-state index in [9.17, 15) is 4.79 Å². The van der Waals surface area contributed by atoms with E-state index >= 15 is 0 Å². The van der Waals surface area contributed by atoms with E-state index in [1.54, 1.807) is 27.2 Å². The number of nitrogens with zero attached hydrogens (tertiary/aromatic N) is 2. The molecule has 2 N–H and O–H groups in total. The maximum Gasteiger partial charge on any atom is 0.274 e. The molecule has 7 heteroatoms. The second-order valence-electron chi connectivity index (χ2n) is 6.55. The van der Waals surface area contributed by atoms with Gasteiger partial charge in [-0.15, -0.1) is 0 Å². The van der Waals surface area contributed by atoms with Crippen molar-refractivity contribution in [3.63, 3.8) is 0 Å². The highest BCUT2D eigenvalue weighted by molar-refractivity contribution is 6.03. The fourth-order valence-electron chi connectivity index (χ4n) is 2.88. The molecule has 0 spiro atoms. The van der Waals surface area contributed by atoms with E-state index in [1.165, 1.54) is 0 Å². The number of aryl methyl sites for hydroxylation is 2. The first-order valence-electron chi connectivity index (χ1n) is 9.17. The van der Waals surface area contributed by atoms with Gasteiger partial charge in [0.25, 0.3) is 5.91 Å². The van der Waals surface area contributed by atoms with Crippen molar-refractivity contribution in [1.82, 2.24) is 9.97 Å². The zero-order valence-corrected chi connectivity index (χ0v) is 16.9. The van der Waals surface area contributed by atoms with E-state index in [0.29, 0.717) is 35.4 Å². The number of rotatable bonds is 7. The lowest BCUT2D eigenvalue weighted by atomic mass is 10.2. The van der Waals surface area contributed by atoms with Gasteiger partial charge >= 0.3 is 0 Å². The second-order valence-corrected chi connectivity index (χ2v) is 6.55. The van der Waals surface area contributed by atoms with Crippen LogP contribution in [0, 0.1) is 13.8 Å². The number of anilines is 2. The molecule has 0 radical (unpaired) electrons. The van der Waals surface area contributed by atoms with Crippen molar-refractivity contribution in [2.45, 2.75) is 20.4 Å². The molecule has 3 aromatic rings. The van der Waals surface area contributed by atoms with Gasteiger partial charge in [-0.05, 0) is 49.2 Å². The zero-order valence-electron chi connectivity index (χ0n) is 16.9. The van der Waals surface area contributed by atoms with Gasteiger partial charge in [0.2, 0.25) is 0 Å². The van der Waals surface area contributed by atoms with Gasteiger partial charge in [-0.1, -0.05) is 18.2 Å². The molecule has 2 aromatic carbocycles. The second kappa shape index (κ2) is 9.05. The first kappa shape index (κ1) is 20.1. The topological polar surface area (TPSA) is 85.4 Å². The summed E-state index contributed by atoms with van der Waals surface area (Å²) in [6.07, 6.45) is 0. The summed E-state index contributed by atoms with van der Waals surface area (Å²) >= 11 is 0. The SMILES string of the molecule is COc1ccc(CNc2cc(C(=O)Nc3cccc(C)c3)nc(C)n2)cc1OC. The molecule has 7 nitrogen and oxygen atoms in total. The van der Waals surface area contributed by atoms with Crippen LogP contribution < -0.4 is 20.1 Å². The maximum atomic E-state index is 12.6. The number of hydrogen-bond donors (Lipinski definition) is 2. The molecule has 0 unspecified atom stereocenters. The summed E-state index contributed by atoms with van der Waals surface area (Å²) in [5.74, 6) is 2.13.